The van der Waals surface area contributed by atoms with Crippen LogP contribution >= 0.6 is 0 Å². The minimum absolute atomic E-state index is 0.385. The van der Waals surface area contributed by atoms with Crippen molar-refractivity contribution < 1.29 is 13.6 Å². The summed E-state index contributed by atoms with van der Waals surface area (Å²) in [4.78, 5) is 11.7. The molecule has 17 heavy (non-hydrogen) atoms. The van der Waals surface area contributed by atoms with E-state index in [1.807, 2.05) is 6.07 Å². The van der Waals surface area contributed by atoms with Crippen LogP contribution in [-0.2, 0) is 0 Å². The summed E-state index contributed by atoms with van der Waals surface area (Å²) in [6, 6.07) is 5.17. The molecule has 0 fully saturated rings. The summed E-state index contributed by atoms with van der Waals surface area (Å²) >= 11 is 0. The van der Waals surface area contributed by atoms with E-state index in [-0.39, 0.29) is 0 Å². The highest BCUT2D eigenvalue weighted by Gasteiger charge is 2.17. The zero-order valence-electron chi connectivity index (χ0n) is 9.09. The van der Waals surface area contributed by atoms with Crippen LogP contribution in [0.5, 0.6) is 0 Å². The number of carbonyl (C=O) groups excluding carboxylic acids is 1. The van der Waals surface area contributed by atoms with Gasteiger partial charge in [-0.2, -0.15) is 0 Å². The van der Waals surface area contributed by atoms with E-state index >= 15 is 0 Å². The first-order valence-electron chi connectivity index (χ1n) is 5.35. The number of carbonyl (C=O) groups is 1. The van der Waals surface area contributed by atoms with Crippen LogP contribution in [0.4, 0.5) is 20.2 Å². The number of hydrogen-bond donors (Lipinski definition) is 3. The number of rotatable bonds is 3. The van der Waals surface area contributed by atoms with Gasteiger partial charge in [-0.1, -0.05) is 6.07 Å². The van der Waals surface area contributed by atoms with Gasteiger partial charge < -0.3 is 16.0 Å². The maximum atomic E-state index is 12.0. The van der Waals surface area contributed by atoms with E-state index in [2.05, 4.69) is 16.0 Å². The number of hydrogen-bond acceptors (Lipinski definition) is 3. The lowest BCUT2D eigenvalue weighted by atomic mass is 10.1. The maximum Gasteiger partial charge on any atom is 0.255 e. The Hall–Kier alpha value is -1.85. The summed E-state index contributed by atoms with van der Waals surface area (Å²) in [5.74, 6) is -0.488. The fraction of sp³-hybridized carbons (Fsp3) is 0.364. The fourth-order valence-electron chi connectivity index (χ4n) is 1.73. The molecule has 0 aliphatic carbocycles. The number of halogens is 2. The fourth-order valence-corrected chi connectivity index (χ4v) is 1.73. The molecule has 1 aromatic rings. The molecule has 0 bridgehead atoms. The predicted molar refractivity (Wildman–Crippen MR) is 61.8 cm³/mol. The average molecular weight is 241 g/mol. The number of benzene rings is 1. The lowest BCUT2D eigenvalue weighted by Gasteiger charge is -2.22. The van der Waals surface area contributed by atoms with Crippen molar-refractivity contribution in [3.8, 4) is 0 Å². The number of nitrogens with one attached hydrogen (secondary N) is 3. The second-order valence-corrected chi connectivity index (χ2v) is 3.68. The molecular formula is C11H13F2N3O. The molecule has 0 radical (unpaired) electrons. The van der Waals surface area contributed by atoms with Gasteiger partial charge in [-0.15, -0.1) is 0 Å². The van der Waals surface area contributed by atoms with Gasteiger partial charge in [0, 0.05) is 13.1 Å². The first-order valence-corrected chi connectivity index (χ1v) is 5.35. The first kappa shape index (κ1) is 11.6. The Morgan fingerprint density at radius 3 is 2.88 bits per heavy atom. The molecule has 4 nitrogen and oxygen atoms in total. The summed E-state index contributed by atoms with van der Waals surface area (Å²) in [7, 11) is 0. The van der Waals surface area contributed by atoms with Gasteiger partial charge in [-0.05, 0) is 12.1 Å². The third-order valence-corrected chi connectivity index (χ3v) is 2.47. The smallest absolute Gasteiger partial charge is 0.255 e. The number of fused-ring (bicyclic) bond motifs is 1. The summed E-state index contributed by atoms with van der Waals surface area (Å²) in [6.07, 6.45) is -2.54. The molecule has 1 heterocycles. The lowest BCUT2D eigenvalue weighted by molar-refractivity contribution is 0.0892. The molecule has 1 amide bonds. The van der Waals surface area contributed by atoms with E-state index in [4.69, 9.17) is 0 Å². The van der Waals surface area contributed by atoms with Crippen molar-refractivity contribution in [2.24, 2.45) is 0 Å². The van der Waals surface area contributed by atoms with Gasteiger partial charge in [0.1, 0.15) is 0 Å². The van der Waals surface area contributed by atoms with Gasteiger partial charge in [0.25, 0.3) is 12.3 Å². The quantitative estimate of drug-likeness (QED) is 0.752. The Bertz CT molecular complexity index is 423. The van der Waals surface area contributed by atoms with Crippen LogP contribution in [0.1, 0.15) is 10.4 Å². The van der Waals surface area contributed by atoms with E-state index in [0.717, 1.165) is 12.2 Å². The largest absolute Gasteiger partial charge is 0.382 e. The van der Waals surface area contributed by atoms with Crippen LogP contribution in [0.25, 0.3) is 0 Å². The summed E-state index contributed by atoms with van der Waals surface area (Å²) in [5.41, 5.74) is 1.88. The van der Waals surface area contributed by atoms with Gasteiger partial charge in [0.15, 0.2) is 0 Å². The average Bonchev–Trinajstić information content (AvgIpc) is 2.35. The standard InChI is InChI=1S/C11H13F2N3O/c12-9(13)6-16-11(17)7-2-1-3-8-10(7)15-5-4-14-8/h1-3,9,14-15H,4-6H2,(H,16,17). The molecule has 1 aliphatic rings. The van der Waals surface area contributed by atoms with Crippen molar-refractivity contribution >= 4 is 17.3 Å². The van der Waals surface area contributed by atoms with Crippen LogP contribution < -0.4 is 16.0 Å². The van der Waals surface area contributed by atoms with Gasteiger partial charge in [-0.25, -0.2) is 8.78 Å². The molecule has 0 atom stereocenters. The number of anilines is 2. The SMILES string of the molecule is O=C(NCC(F)F)c1cccc2c1NCCN2. The molecule has 6 heteroatoms. The Labute approximate surface area is 97.4 Å². The lowest BCUT2D eigenvalue weighted by Crippen LogP contribution is -2.30. The molecule has 0 spiro atoms. The predicted octanol–water partition coefficient (Wildman–Crippen LogP) is 1.52. The number of alkyl halides is 2. The highest BCUT2D eigenvalue weighted by atomic mass is 19.3. The third kappa shape index (κ3) is 2.64. The summed E-state index contributed by atoms with van der Waals surface area (Å²) in [6.45, 7) is 0.844. The van der Waals surface area contributed by atoms with Gasteiger partial charge in [0.2, 0.25) is 0 Å². The molecule has 0 unspecified atom stereocenters. The second-order valence-electron chi connectivity index (χ2n) is 3.68. The highest BCUT2D eigenvalue weighted by Crippen LogP contribution is 2.28. The van der Waals surface area contributed by atoms with Crippen molar-refractivity contribution in [3.63, 3.8) is 0 Å². The molecule has 0 saturated heterocycles. The highest BCUT2D eigenvalue weighted by molar-refractivity contribution is 6.02. The molecule has 3 N–H and O–H groups in total. The molecule has 2 rings (SSSR count). The Morgan fingerprint density at radius 1 is 1.35 bits per heavy atom. The number of amides is 1. The minimum atomic E-state index is -2.54. The monoisotopic (exact) mass is 241 g/mol. The van der Waals surface area contributed by atoms with E-state index in [1.165, 1.54) is 0 Å². The van der Waals surface area contributed by atoms with E-state index < -0.39 is 18.9 Å². The Morgan fingerprint density at radius 2 is 2.12 bits per heavy atom. The third-order valence-electron chi connectivity index (χ3n) is 2.47. The minimum Gasteiger partial charge on any atom is -0.382 e. The molecular weight excluding hydrogens is 228 g/mol. The van der Waals surface area contributed by atoms with Crippen LogP contribution in [0.3, 0.4) is 0 Å². The van der Waals surface area contributed by atoms with Crippen LogP contribution in [-0.4, -0.2) is 32.0 Å². The van der Waals surface area contributed by atoms with Crippen molar-refractivity contribution in [1.82, 2.24) is 5.32 Å². The molecule has 1 aromatic carbocycles. The van der Waals surface area contributed by atoms with Crippen molar-refractivity contribution in [2.75, 3.05) is 30.3 Å². The molecule has 1 aliphatic heterocycles. The van der Waals surface area contributed by atoms with Crippen molar-refractivity contribution in [1.29, 1.82) is 0 Å². The van der Waals surface area contributed by atoms with Crippen LogP contribution in [0, 0.1) is 0 Å². The first-order chi connectivity index (χ1) is 8.18. The zero-order chi connectivity index (χ0) is 12.3. The molecule has 0 aromatic heterocycles. The van der Waals surface area contributed by atoms with Gasteiger partial charge >= 0.3 is 0 Å². The molecule has 0 saturated carbocycles. The Balaban J connectivity index is 2.17. The summed E-state index contributed by atoms with van der Waals surface area (Å²) in [5, 5.41) is 8.41. The van der Waals surface area contributed by atoms with E-state index in [0.29, 0.717) is 17.8 Å². The van der Waals surface area contributed by atoms with Crippen LogP contribution in [0.15, 0.2) is 18.2 Å². The second kappa shape index (κ2) is 4.99. The Kier molecular flexibility index (Phi) is 3.41. The topological polar surface area (TPSA) is 53.2 Å². The van der Waals surface area contributed by atoms with E-state index in [9.17, 15) is 13.6 Å². The van der Waals surface area contributed by atoms with Crippen molar-refractivity contribution in [3.05, 3.63) is 23.8 Å². The normalized spacial score (nSPS) is 13.6. The maximum absolute atomic E-state index is 12.0. The van der Waals surface area contributed by atoms with Gasteiger partial charge in [0.05, 0.1) is 23.5 Å². The van der Waals surface area contributed by atoms with Crippen LogP contribution in [0.2, 0.25) is 0 Å². The summed E-state index contributed by atoms with van der Waals surface area (Å²) < 4.78 is 24.0. The van der Waals surface area contributed by atoms with E-state index in [1.54, 1.807) is 12.1 Å². The molecule has 92 valence electrons. The van der Waals surface area contributed by atoms with Crippen molar-refractivity contribution in [2.45, 2.75) is 6.43 Å². The zero-order valence-corrected chi connectivity index (χ0v) is 9.09. The number of para-hydroxylation sites is 1. The van der Waals surface area contributed by atoms with Gasteiger partial charge in [-0.3, -0.25) is 4.79 Å².